The zero-order valence-electron chi connectivity index (χ0n) is 14.9. The molecule has 0 radical (unpaired) electrons. The van der Waals surface area contributed by atoms with Gasteiger partial charge in [0.2, 0.25) is 0 Å². The maximum absolute atomic E-state index is 13.5. The Hall–Kier alpha value is -2.30. The van der Waals surface area contributed by atoms with Crippen LogP contribution in [0.4, 0.5) is 21.6 Å². The molecule has 3 atom stereocenters. The third kappa shape index (κ3) is 3.22. The molecule has 1 aromatic heterocycles. The van der Waals surface area contributed by atoms with Gasteiger partial charge < -0.3 is 15.1 Å². The number of nitrogens with one attached hydrogen (secondary N) is 1. The molecule has 2 aromatic rings. The number of nitrogens with zero attached hydrogens (tertiary/aromatic N) is 3. The van der Waals surface area contributed by atoms with E-state index in [4.69, 9.17) is 0 Å². The second kappa shape index (κ2) is 6.45. The van der Waals surface area contributed by atoms with Crippen LogP contribution in [0.5, 0.6) is 0 Å². The summed E-state index contributed by atoms with van der Waals surface area (Å²) < 4.78 is 13.5. The molecule has 136 valence electrons. The minimum Gasteiger partial charge on any atom is -0.371 e. The summed E-state index contributed by atoms with van der Waals surface area (Å²) in [5, 5.41) is 3.61. The Morgan fingerprint density at radius 3 is 2.69 bits per heavy atom. The minimum atomic E-state index is -0.171. The fourth-order valence-corrected chi connectivity index (χ4v) is 4.52. The van der Waals surface area contributed by atoms with E-state index in [0.29, 0.717) is 6.04 Å². The fraction of sp³-hybridized carbons (Fsp3) is 0.476. The van der Waals surface area contributed by atoms with E-state index in [9.17, 15) is 4.39 Å². The number of hydrogen-bond donors (Lipinski definition) is 1. The van der Waals surface area contributed by atoms with Gasteiger partial charge in [-0.3, -0.25) is 0 Å². The van der Waals surface area contributed by atoms with Gasteiger partial charge in [0, 0.05) is 55.9 Å². The van der Waals surface area contributed by atoms with Crippen molar-refractivity contribution < 1.29 is 4.39 Å². The van der Waals surface area contributed by atoms with Gasteiger partial charge >= 0.3 is 0 Å². The standard InChI is InChI=1S/C21H25FN4/c22-17-3-1-5-19(10-17)25-8-2-4-18(14-25)24-21-11-20(6-7-23-21)26-12-15-9-16(15)13-26/h1,3,5-7,10-11,15-16,18H,2,4,8-9,12-14H2,(H,23,24)/t15?,16?,18-/m1/s1. The number of fused-ring (bicyclic) bond motifs is 1. The van der Waals surface area contributed by atoms with Crippen LogP contribution in [-0.4, -0.2) is 37.2 Å². The van der Waals surface area contributed by atoms with Crippen LogP contribution in [0.25, 0.3) is 0 Å². The molecule has 1 aliphatic carbocycles. The smallest absolute Gasteiger partial charge is 0.128 e. The van der Waals surface area contributed by atoms with E-state index in [1.54, 1.807) is 12.1 Å². The number of pyridine rings is 1. The molecule has 3 aliphatic rings. The van der Waals surface area contributed by atoms with Crippen molar-refractivity contribution in [2.45, 2.75) is 25.3 Å². The maximum atomic E-state index is 13.5. The van der Waals surface area contributed by atoms with Crippen LogP contribution >= 0.6 is 0 Å². The molecule has 3 heterocycles. The molecule has 1 N–H and O–H groups in total. The Balaban J connectivity index is 1.25. The van der Waals surface area contributed by atoms with Crippen LogP contribution in [-0.2, 0) is 0 Å². The molecule has 0 amide bonds. The summed E-state index contributed by atoms with van der Waals surface area (Å²) in [6.07, 6.45) is 5.55. The first-order chi connectivity index (χ1) is 12.7. The average Bonchev–Trinajstić information content (AvgIpc) is 3.27. The summed E-state index contributed by atoms with van der Waals surface area (Å²) in [5.41, 5.74) is 2.25. The summed E-state index contributed by atoms with van der Waals surface area (Å²) in [4.78, 5) is 9.29. The van der Waals surface area contributed by atoms with Gasteiger partial charge in [0.15, 0.2) is 0 Å². The molecule has 2 unspecified atom stereocenters. The van der Waals surface area contributed by atoms with Crippen molar-refractivity contribution in [1.82, 2.24) is 4.98 Å². The van der Waals surface area contributed by atoms with Crippen molar-refractivity contribution in [3.63, 3.8) is 0 Å². The first-order valence-corrected chi connectivity index (χ1v) is 9.73. The molecule has 2 saturated heterocycles. The lowest BCUT2D eigenvalue weighted by atomic mass is 10.0. The third-order valence-corrected chi connectivity index (χ3v) is 6.03. The zero-order valence-corrected chi connectivity index (χ0v) is 14.9. The second-order valence-corrected chi connectivity index (χ2v) is 7.97. The van der Waals surface area contributed by atoms with Crippen LogP contribution in [0.3, 0.4) is 0 Å². The molecular formula is C21H25FN4. The molecule has 5 rings (SSSR count). The fourth-order valence-electron chi connectivity index (χ4n) is 4.52. The maximum Gasteiger partial charge on any atom is 0.128 e. The van der Waals surface area contributed by atoms with Crippen LogP contribution < -0.4 is 15.1 Å². The first kappa shape index (κ1) is 15.9. The molecule has 4 nitrogen and oxygen atoms in total. The van der Waals surface area contributed by atoms with Crippen molar-refractivity contribution in [2.75, 3.05) is 41.3 Å². The Bertz CT molecular complexity index is 785. The van der Waals surface area contributed by atoms with Crippen LogP contribution in [0.15, 0.2) is 42.6 Å². The number of benzene rings is 1. The van der Waals surface area contributed by atoms with Crippen molar-refractivity contribution in [1.29, 1.82) is 0 Å². The molecule has 0 bridgehead atoms. The molecule has 0 spiro atoms. The van der Waals surface area contributed by atoms with Crippen LogP contribution in [0, 0.1) is 17.7 Å². The van der Waals surface area contributed by atoms with Gasteiger partial charge in [-0.05, 0) is 55.4 Å². The van der Waals surface area contributed by atoms with Crippen LogP contribution in [0.2, 0.25) is 0 Å². The highest BCUT2D eigenvalue weighted by Gasteiger charge is 2.45. The van der Waals surface area contributed by atoms with E-state index >= 15 is 0 Å². The highest BCUT2D eigenvalue weighted by molar-refractivity contribution is 5.56. The summed E-state index contributed by atoms with van der Waals surface area (Å²) in [6, 6.07) is 11.5. The van der Waals surface area contributed by atoms with E-state index < -0.39 is 0 Å². The summed E-state index contributed by atoms with van der Waals surface area (Å²) in [5.74, 6) is 2.64. The highest BCUT2D eigenvalue weighted by atomic mass is 19.1. The van der Waals surface area contributed by atoms with Crippen molar-refractivity contribution in [3.05, 3.63) is 48.4 Å². The molecule has 26 heavy (non-hydrogen) atoms. The predicted molar refractivity (Wildman–Crippen MR) is 103 cm³/mol. The molecule has 1 saturated carbocycles. The number of piperidine rings is 2. The number of hydrogen-bond acceptors (Lipinski definition) is 4. The van der Waals surface area contributed by atoms with Gasteiger partial charge in [0.25, 0.3) is 0 Å². The number of halogens is 1. The van der Waals surface area contributed by atoms with Crippen molar-refractivity contribution in [2.24, 2.45) is 11.8 Å². The minimum absolute atomic E-state index is 0.171. The predicted octanol–water partition coefficient (Wildman–Crippen LogP) is 3.76. The van der Waals surface area contributed by atoms with Gasteiger partial charge in [0.05, 0.1) is 0 Å². The average molecular weight is 352 g/mol. The topological polar surface area (TPSA) is 31.4 Å². The van der Waals surface area contributed by atoms with Gasteiger partial charge in [-0.1, -0.05) is 6.07 Å². The normalized spacial score (nSPS) is 27.3. The quantitative estimate of drug-likeness (QED) is 0.908. The van der Waals surface area contributed by atoms with Gasteiger partial charge in [-0.15, -0.1) is 0 Å². The lowest BCUT2D eigenvalue weighted by Crippen LogP contribution is -2.42. The second-order valence-electron chi connectivity index (χ2n) is 7.97. The largest absolute Gasteiger partial charge is 0.371 e. The summed E-state index contributed by atoms with van der Waals surface area (Å²) in [6.45, 7) is 4.25. The molecule has 2 aliphatic heterocycles. The third-order valence-electron chi connectivity index (χ3n) is 6.03. The summed E-state index contributed by atoms with van der Waals surface area (Å²) in [7, 11) is 0. The van der Waals surface area contributed by atoms with Crippen molar-refractivity contribution >= 4 is 17.2 Å². The Labute approximate surface area is 154 Å². The molecule has 1 aromatic carbocycles. The van der Waals surface area contributed by atoms with Gasteiger partial charge in [0.1, 0.15) is 11.6 Å². The molecular weight excluding hydrogens is 327 g/mol. The van der Waals surface area contributed by atoms with E-state index in [0.717, 1.165) is 49.3 Å². The molecule has 5 heteroatoms. The summed E-state index contributed by atoms with van der Waals surface area (Å²) >= 11 is 0. The Morgan fingerprint density at radius 2 is 1.85 bits per heavy atom. The van der Waals surface area contributed by atoms with E-state index in [2.05, 4.69) is 32.2 Å². The van der Waals surface area contributed by atoms with E-state index in [1.165, 1.54) is 31.3 Å². The lowest BCUT2D eigenvalue weighted by molar-refractivity contribution is 0.527. The van der Waals surface area contributed by atoms with Crippen LogP contribution in [0.1, 0.15) is 19.3 Å². The Kier molecular flexibility index (Phi) is 3.95. The zero-order chi connectivity index (χ0) is 17.5. The number of rotatable bonds is 4. The SMILES string of the molecule is Fc1cccc(N2CCC[C@@H](Nc3cc(N4CC5CC5C4)ccn3)C2)c1. The Morgan fingerprint density at radius 1 is 1.00 bits per heavy atom. The number of aromatic nitrogens is 1. The first-order valence-electron chi connectivity index (χ1n) is 9.73. The van der Waals surface area contributed by atoms with Crippen molar-refractivity contribution in [3.8, 4) is 0 Å². The van der Waals surface area contributed by atoms with E-state index in [-0.39, 0.29) is 5.82 Å². The van der Waals surface area contributed by atoms with Gasteiger partial charge in [-0.25, -0.2) is 9.37 Å². The monoisotopic (exact) mass is 352 g/mol. The van der Waals surface area contributed by atoms with Gasteiger partial charge in [-0.2, -0.15) is 0 Å². The van der Waals surface area contributed by atoms with E-state index in [1.807, 2.05) is 12.3 Å². The lowest BCUT2D eigenvalue weighted by Gasteiger charge is -2.35. The highest BCUT2D eigenvalue weighted by Crippen LogP contribution is 2.46. The molecule has 3 fully saturated rings. The number of anilines is 3.